The summed E-state index contributed by atoms with van der Waals surface area (Å²) >= 11 is 13.7. The molecule has 1 N–H and O–H groups in total. The molecule has 0 bridgehead atoms. The topological polar surface area (TPSA) is 24.4 Å². The van der Waals surface area contributed by atoms with Gasteiger partial charge in [-0.15, -0.1) is 0 Å². The van der Waals surface area contributed by atoms with Gasteiger partial charge in [0.25, 0.3) is 0 Å². The Morgan fingerprint density at radius 2 is 2.00 bits per heavy atom. The fourth-order valence-corrected chi connectivity index (χ4v) is 3.51. The molecule has 98 valence electrons. The van der Waals surface area contributed by atoms with Gasteiger partial charge in [-0.05, 0) is 38.0 Å². The number of benzene rings is 1. The molecule has 0 saturated heterocycles. The van der Waals surface area contributed by atoms with Crippen molar-refractivity contribution in [3.63, 3.8) is 0 Å². The average molecular weight is 303 g/mol. The zero-order valence-corrected chi connectivity index (χ0v) is 12.8. The minimum absolute atomic E-state index is 0.0515. The van der Waals surface area contributed by atoms with Gasteiger partial charge in [0.2, 0.25) is 0 Å². The Kier molecular flexibility index (Phi) is 4.46. The minimum Gasteiger partial charge on any atom is -0.335 e. The Morgan fingerprint density at radius 1 is 1.33 bits per heavy atom. The van der Waals surface area contributed by atoms with E-state index in [1.807, 2.05) is 12.1 Å². The van der Waals surface area contributed by atoms with Crippen LogP contribution in [0.2, 0.25) is 10.0 Å². The number of amidine groups is 1. The van der Waals surface area contributed by atoms with Crippen LogP contribution in [0.5, 0.6) is 0 Å². The summed E-state index contributed by atoms with van der Waals surface area (Å²) in [4.78, 5) is 4.77. The van der Waals surface area contributed by atoms with Gasteiger partial charge in [-0.3, -0.25) is 4.99 Å². The van der Waals surface area contributed by atoms with Crippen LogP contribution in [0, 0.1) is 0 Å². The summed E-state index contributed by atoms with van der Waals surface area (Å²) in [6.45, 7) is 4.37. The SMILES string of the molecule is CCC1(C)CCSC(Nc2cc(Cl)cc(Cl)c2)=N1. The second kappa shape index (κ2) is 5.72. The lowest BCUT2D eigenvalue weighted by Gasteiger charge is -2.29. The van der Waals surface area contributed by atoms with Gasteiger partial charge in [-0.25, -0.2) is 0 Å². The molecule has 0 spiro atoms. The second-order valence-corrected chi connectivity index (χ2v) is 6.61. The van der Waals surface area contributed by atoms with Crippen molar-refractivity contribution in [2.75, 3.05) is 11.1 Å². The molecule has 1 aliphatic rings. The highest BCUT2D eigenvalue weighted by Gasteiger charge is 2.25. The normalized spacial score (nSPS) is 23.7. The molecule has 0 radical (unpaired) electrons. The summed E-state index contributed by atoms with van der Waals surface area (Å²) < 4.78 is 0. The number of anilines is 1. The van der Waals surface area contributed by atoms with E-state index in [9.17, 15) is 0 Å². The van der Waals surface area contributed by atoms with Crippen molar-refractivity contribution in [1.29, 1.82) is 0 Å². The van der Waals surface area contributed by atoms with Crippen LogP contribution in [-0.4, -0.2) is 16.5 Å². The van der Waals surface area contributed by atoms with Crippen molar-refractivity contribution >= 4 is 45.8 Å². The molecule has 1 aliphatic heterocycles. The fourth-order valence-electron chi connectivity index (χ4n) is 1.77. The van der Waals surface area contributed by atoms with Crippen molar-refractivity contribution in [1.82, 2.24) is 0 Å². The van der Waals surface area contributed by atoms with Gasteiger partial charge in [-0.1, -0.05) is 41.9 Å². The van der Waals surface area contributed by atoms with E-state index < -0.39 is 0 Å². The van der Waals surface area contributed by atoms with Gasteiger partial charge in [0, 0.05) is 21.5 Å². The first-order chi connectivity index (χ1) is 8.50. The van der Waals surface area contributed by atoms with Crippen molar-refractivity contribution in [3.05, 3.63) is 28.2 Å². The fraction of sp³-hybridized carbons (Fsp3) is 0.462. The Hall–Kier alpha value is -0.380. The van der Waals surface area contributed by atoms with Gasteiger partial charge in [-0.2, -0.15) is 0 Å². The average Bonchev–Trinajstić information content (AvgIpc) is 2.27. The molecule has 0 amide bonds. The quantitative estimate of drug-likeness (QED) is 0.825. The lowest BCUT2D eigenvalue weighted by atomic mass is 9.97. The summed E-state index contributed by atoms with van der Waals surface area (Å²) in [5, 5.41) is 5.50. The molecule has 0 aromatic heterocycles. The number of thioether (sulfide) groups is 1. The van der Waals surface area contributed by atoms with E-state index >= 15 is 0 Å². The van der Waals surface area contributed by atoms with Gasteiger partial charge in [0.05, 0.1) is 5.54 Å². The summed E-state index contributed by atoms with van der Waals surface area (Å²) in [7, 11) is 0. The first-order valence-corrected chi connectivity index (χ1v) is 7.71. The van der Waals surface area contributed by atoms with E-state index in [1.54, 1.807) is 17.8 Å². The number of halogens is 2. The van der Waals surface area contributed by atoms with Crippen LogP contribution in [0.4, 0.5) is 5.69 Å². The van der Waals surface area contributed by atoms with Gasteiger partial charge < -0.3 is 5.32 Å². The van der Waals surface area contributed by atoms with E-state index in [-0.39, 0.29) is 5.54 Å². The summed E-state index contributed by atoms with van der Waals surface area (Å²) in [5.74, 6) is 1.09. The molecule has 1 aromatic carbocycles. The summed E-state index contributed by atoms with van der Waals surface area (Å²) in [5.41, 5.74) is 0.940. The Bertz CT molecular complexity index is 456. The predicted molar refractivity (Wildman–Crippen MR) is 83.3 cm³/mol. The molecule has 0 aliphatic carbocycles. The van der Waals surface area contributed by atoms with Crippen molar-refractivity contribution in [3.8, 4) is 0 Å². The van der Waals surface area contributed by atoms with E-state index in [0.717, 1.165) is 29.4 Å². The lowest BCUT2D eigenvalue weighted by Crippen LogP contribution is -2.29. The summed E-state index contributed by atoms with van der Waals surface area (Å²) in [6.07, 6.45) is 2.17. The van der Waals surface area contributed by atoms with Gasteiger partial charge in [0.1, 0.15) is 0 Å². The van der Waals surface area contributed by atoms with Crippen molar-refractivity contribution in [2.45, 2.75) is 32.2 Å². The van der Waals surface area contributed by atoms with Gasteiger partial charge >= 0.3 is 0 Å². The van der Waals surface area contributed by atoms with E-state index in [2.05, 4.69) is 19.2 Å². The zero-order valence-electron chi connectivity index (χ0n) is 10.5. The molecule has 18 heavy (non-hydrogen) atoms. The first-order valence-electron chi connectivity index (χ1n) is 5.96. The Balaban J connectivity index is 2.18. The molecule has 2 nitrogen and oxygen atoms in total. The first kappa shape index (κ1) is 14.0. The molecule has 5 heteroatoms. The minimum atomic E-state index is 0.0515. The second-order valence-electron chi connectivity index (χ2n) is 4.65. The molecule has 0 fully saturated rings. The van der Waals surface area contributed by atoms with E-state index in [0.29, 0.717) is 10.0 Å². The highest BCUT2D eigenvalue weighted by atomic mass is 35.5. The van der Waals surface area contributed by atoms with Crippen LogP contribution in [0.3, 0.4) is 0 Å². The zero-order chi connectivity index (χ0) is 13.2. The molecule has 2 rings (SSSR count). The van der Waals surface area contributed by atoms with Crippen LogP contribution in [-0.2, 0) is 0 Å². The number of rotatable bonds is 2. The van der Waals surface area contributed by atoms with Crippen LogP contribution in [0.1, 0.15) is 26.7 Å². The smallest absolute Gasteiger partial charge is 0.161 e. The van der Waals surface area contributed by atoms with Crippen molar-refractivity contribution < 1.29 is 0 Å². The molecule has 1 aromatic rings. The highest BCUT2D eigenvalue weighted by molar-refractivity contribution is 8.14. The Morgan fingerprint density at radius 3 is 2.61 bits per heavy atom. The number of hydrogen-bond acceptors (Lipinski definition) is 3. The number of nitrogens with one attached hydrogen (secondary N) is 1. The van der Waals surface area contributed by atoms with Crippen LogP contribution in [0.25, 0.3) is 0 Å². The molecule has 0 saturated carbocycles. The van der Waals surface area contributed by atoms with Crippen molar-refractivity contribution in [2.24, 2.45) is 4.99 Å². The Labute approximate surface area is 122 Å². The van der Waals surface area contributed by atoms with Crippen LogP contribution in [0.15, 0.2) is 23.2 Å². The monoisotopic (exact) mass is 302 g/mol. The number of aliphatic imine (C=N–C) groups is 1. The largest absolute Gasteiger partial charge is 0.335 e. The third-order valence-electron chi connectivity index (χ3n) is 3.13. The standard InChI is InChI=1S/C13H16Cl2N2S/c1-3-13(2)4-5-18-12(17-13)16-11-7-9(14)6-10(15)8-11/h6-8H,3-5H2,1-2H3,(H,16,17). The van der Waals surface area contributed by atoms with Crippen LogP contribution < -0.4 is 5.32 Å². The van der Waals surface area contributed by atoms with E-state index in [4.69, 9.17) is 28.2 Å². The number of hydrogen-bond donors (Lipinski definition) is 1. The maximum absolute atomic E-state index is 5.98. The third-order valence-corrected chi connectivity index (χ3v) is 4.44. The molecule has 1 heterocycles. The molecule has 1 atom stereocenters. The maximum atomic E-state index is 5.98. The third kappa shape index (κ3) is 3.56. The predicted octanol–water partition coefficient (Wildman–Crippen LogP) is 5.07. The lowest BCUT2D eigenvalue weighted by molar-refractivity contribution is 0.443. The van der Waals surface area contributed by atoms with E-state index in [1.165, 1.54) is 0 Å². The molecule has 1 unspecified atom stereocenters. The van der Waals surface area contributed by atoms with Crippen LogP contribution >= 0.6 is 35.0 Å². The molecular formula is C13H16Cl2N2S. The number of nitrogens with zero attached hydrogens (tertiary/aromatic N) is 1. The maximum Gasteiger partial charge on any atom is 0.161 e. The summed E-state index contributed by atoms with van der Waals surface area (Å²) in [6, 6.07) is 5.43. The molecular weight excluding hydrogens is 287 g/mol. The highest BCUT2D eigenvalue weighted by Crippen LogP contribution is 2.30. The van der Waals surface area contributed by atoms with Gasteiger partial charge in [0.15, 0.2) is 5.17 Å².